The number of amides is 1. The number of fused-ring (bicyclic) bond motifs is 1. The summed E-state index contributed by atoms with van der Waals surface area (Å²) in [5, 5.41) is 5.05. The van der Waals surface area contributed by atoms with Gasteiger partial charge in [0.15, 0.2) is 0 Å². The van der Waals surface area contributed by atoms with Crippen molar-refractivity contribution in [3.05, 3.63) is 132 Å². The van der Waals surface area contributed by atoms with Gasteiger partial charge in [-0.25, -0.2) is 4.79 Å². The zero-order valence-electron chi connectivity index (χ0n) is 21.9. The summed E-state index contributed by atoms with van der Waals surface area (Å²) in [6.07, 6.45) is 0.581. The summed E-state index contributed by atoms with van der Waals surface area (Å²) < 4.78 is 5.76. The van der Waals surface area contributed by atoms with E-state index in [-0.39, 0.29) is 24.7 Å². The molecule has 1 amide bonds. The van der Waals surface area contributed by atoms with Gasteiger partial charge in [0.1, 0.15) is 6.61 Å². The summed E-state index contributed by atoms with van der Waals surface area (Å²) >= 11 is 0. The van der Waals surface area contributed by atoms with Gasteiger partial charge in [-0.3, -0.25) is 0 Å². The van der Waals surface area contributed by atoms with Crippen LogP contribution in [0, 0.1) is 0 Å². The molecule has 1 aromatic heterocycles. The molecule has 5 heteroatoms. The highest BCUT2D eigenvalue weighted by Gasteiger charge is 2.36. The van der Waals surface area contributed by atoms with Crippen LogP contribution in [0.15, 0.2) is 115 Å². The minimum absolute atomic E-state index is 0.0816. The summed E-state index contributed by atoms with van der Waals surface area (Å²) in [7, 11) is 0. The number of hydrogen-bond acceptors (Lipinski definition) is 3. The maximum absolute atomic E-state index is 13.3. The number of carbonyl (C=O) groups excluding carboxylic acids is 1. The molecule has 0 saturated carbocycles. The average molecular weight is 516 g/mol. The van der Waals surface area contributed by atoms with E-state index in [4.69, 9.17) is 4.74 Å². The first-order valence-electron chi connectivity index (χ1n) is 13.7. The Morgan fingerprint density at radius 2 is 1.46 bits per heavy atom. The molecule has 1 aliphatic rings. The first-order valence-corrected chi connectivity index (χ1v) is 13.7. The first-order chi connectivity index (χ1) is 19.3. The Kier molecular flexibility index (Phi) is 7.41. The molecule has 5 aromatic rings. The number of aromatic amines is 1. The predicted molar refractivity (Wildman–Crippen MR) is 156 cm³/mol. The number of nitrogens with zero attached hydrogens (tertiary/aromatic N) is 1. The Hall–Kier alpha value is -4.35. The molecule has 4 aromatic carbocycles. The van der Waals surface area contributed by atoms with Crippen LogP contribution in [0.5, 0.6) is 0 Å². The number of carbonyl (C=O) groups is 1. The molecule has 0 spiro atoms. The smallest absolute Gasteiger partial charge is 0.410 e. The molecule has 1 saturated heterocycles. The quantitative estimate of drug-likeness (QED) is 0.243. The average Bonchev–Trinajstić information content (AvgIpc) is 3.40. The number of likely N-dealkylation sites (tertiary alicyclic amines) is 1. The van der Waals surface area contributed by atoms with Gasteiger partial charge in [-0.1, -0.05) is 109 Å². The van der Waals surface area contributed by atoms with Gasteiger partial charge in [-0.15, -0.1) is 0 Å². The largest absolute Gasteiger partial charge is 0.445 e. The van der Waals surface area contributed by atoms with Crippen molar-refractivity contribution in [2.45, 2.75) is 31.5 Å². The van der Waals surface area contributed by atoms with Crippen molar-refractivity contribution >= 4 is 17.0 Å². The fourth-order valence-corrected chi connectivity index (χ4v) is 5.69. The minimum atomic E-state index is -0.258. The molecule has 39 heavy (non-hydrogen) atoms. The van der Waals surface area contributed by atoms with Gasteiger partial charge >= 0.3 is 6.09 Å². The molecular weight excluding hydrogens is 482 g/mol. The van der Waals surface area contributed by atoms with Crippen molar-refractivity contribution in [1.29, 1.82) is 0 Å². The van der Waals surface area contributed by atoms with Crippen molar-refractivity contribution in [2.75, 3.05) is 13.1 Å². The van der Waals surface area contributed by atoms with Crippen LogP contribution < -0.4 is 5.32 Å². The number of nitrogens with one attached hydrogen (secondary N) is 2. The third kappa shape index (κ3) is 5.59. The number of benzene rings is 4. The SMILES string of the molecule is O=C(OCc1ccccc1)N1CC[C@@H](NCc2ccccc2)[C@H](c2c(-c3ccccc3)[nH]c3ccccc23)C1. The molecule has 2 heterocycles. The standard InChI is InChI=1S/C34H33N3O2/c38-34(39-24-26-14-6-2-7-15-26)37-21-20-30(35-22-25-12-4-1-5-13-25)29(23-37)32-28-18-10-11-19-31(28)36-33(32)27-16-8-3-9-17-27/h1-19,29-30,35-36H,20-24H2/t29-,30-/m1/s1. The fraction of sp³-hybridized carbons (Fsp3) is 0.206. The highest BCUT2D eigenvalue weighted by atomic mass is 16.6. The van der Waals surface area contributed by atoms with E-state index >= 15 is 0 Å². The van der Waals surface area contributed by atoms with Gasteiger partial charge in [0.05, 0.1) is 5.69 Å². The number of rotatable bonds is 7. The normalized spacial score (nSPS) is 17.3. The number of aromatic nitrogens is 1. The van der Waals surface area contributed by atoms with Gasteiger partial charge in [-0.05, 0) is 34.7 Å². The van der Waals surface area contributed by atoms with E-state index in [1.807, 2.05) is 47.4 Å². The van der Waals surface area contributed by atoms with E-state index in [2.05, 4.69) is 83.1 Å². The molecule has 1 fully saturated rings. The number of ether oxygens (including phenoxy) is 1. The molecule has 0 aliphatic carbocycles. The number of piperidine rings is 1. The van der Waals surface area contributed by atoms with E-state index in [0.29, 0.717) is 13.1 Å². The Bertz CT molecular complexity index is 1520. The van der Waals surface area contributed by atoms with Crippen LogP contribution in [0.25, 0.3) is 22.2 Å². The van der Waals surface area contributed by atoms with Crippen molar-refractivity contribution < 1.29 is 9.53 Å². The zero-order chi connectivity index (χ0) is 26.4. The molecule has 2 N–H and O–H groups in total. The second kappa shape index (κ2) is 11.6. The first kappa shape index (κ1) is 25.0. The van der Waals surface area contributed by atoms with Crippen molar-refractivity contribution in [1.82, 2.24) is 15.2 Å². The minimum Gasteiger partial charge on any atom is -0.445 e. The highest BCUT2D eigenvalue weighted by molar-refractivity contribution is 5.91. The van der Waals surface area contributed by atoms with Gasteiger partial charge in [-0.2, -0.15) is 0 Å². The summed E-state index contributed by atoms with van der Waals surface area (Å²) in [5.74, 6) is 0.0816. The topological polar surface area (TPSA) is 57.4 Å². The number of para-hydroxylation sites is 1. The van der Waals surface area contributed by atoms with Crippen molar-refractivity contribution in [3.63, 3.8) is 0 Å². The van der Waals surface area contributed by atoms with Crippen LogP contribution in [-0.2, 0) is 17.9 Å². The lowest BCUT2D eigenvalue weighted by molar-refractivity contribution is 0.0804. The van der Waals surface area contributed by atoms with E-state index in [1.54, 1.807) is 0 Å². The maximum atomic E-state index is 13.3. The lowest BCUT2D eigenvalue weighted by Crippen LogP contribution is -2.50. The predicted octanol–water partition coefficient (Wildman–Crippen LogP) is 7.12. The fourth-order valence-electron chi connectivity index (χ4n) is 5.69. The third-order valence-electron chi connectivity index (χ3n) is 7.67. The van der Waals surface area contributed by atoms with Crippen molar-refractivity contribution in [3.8, 4) is 11.3 Å². The monoisotopic (exact) mass is 515 g/mol. The Morgan fingerprint density at radius 3 is 2.21 bits per heavy atom. The van der Waals surface area contributed by atoms with Gasteiger partial charge in [0.25, 0.3) is 0 Å². The molecule has 0 bridgehead atoms. The second-order valence-electron chi connectivity index (χ2n) is 10.2. The maximum Gasteiger partial charge on any atom is 0.410 e. The van der Waals surface area contributed by atoms with E-state index < -0.39 is 0 Å². The summed E-state index contributed by atoms with van der Waals surface area (Å²) in [6, 6.07) is 39.5. The summed E-state index contributed by atoms with van der Waals surface area (Å²) in [5.41, 5.74) is 6.87. The molecule has 196 valence electrons. The summed E-state index contributed by atoms with van der Waals surface area (Å²) in [4.78, 5) is 18.8. The summed E-state index contributed by atoms with van der Waals surface area (Å²) in [6.45, 7) is 2.30. The molecule has 1 aliphatic heterocycles. The molecule has 0 radical (unpaired) electrons. The Labute approximate surface area is 229 Å². The lowest BCUT2D eigenvalue weighted by atomic mass is 9.83. The van der Waals surface area contributed by atoms with Gasteiger partial charge in [0, 0.05) is 42.5 Å². The third-order valence-corrected chi connectivity index (χ3v) is 7.67. The lowest BCUT2D eigenvalue weighted by Gasteiger charge is -2.39. The molecule has 6 rings (SSSR count). The molecule has 5 nitrogen and oxygen atoms in total. The Balaban J connectivity index is 1.33. The van der Waals surface area contributed by atoms with E-state index in [1.165, 1.54) is 16.5 Å². The molecule has 2 atom stereocenters. The number of H-pyrrole nitrogens is 1. The van der Waals surface area contributed by atoms with Crippen LogP contribution in [0.2, 0.25) is 0 Å². The van der Waals surface area contributed by atoms with Crippen LogP contribution >= 0.6 is 0 Å². The van der Waals surface area contributed by atoms with Crippen molar-refractivity contribution in [2.24, 2.45) is 0 Å². The van der Waals surface area contributed by atoms with Crippen LogP contribution in [-0.4, -0.2) is 35.1 Å². The zero-order valence-corrected chi connectivity index (χ0v) is 21.9. The van der Waals surface area contributed by atoms with Gasteiger partial charge < -0.3 is 19.9 Å². The van der Waals surface area contributed by atoms with E-state index in [9.17, 15) is 4.79 Å². The Morgan fingerprint density at radius 1 is 0.821 bits per heavy atom. The van der Waals surface area contributed by atoms with Gasteiger partial charge in [0.2, 0.25) is 0 Å². The van der Waals surface area contributed by atoms with Crippen LogP contribution in [0.1, 0.15) is 29.0 Å². The highest BCUT2D eigenvalue weighted by Crippen LogP contribution is 2.40. The van der Waals surface area contributed by atoms with E-state index in [0.717, 1.165) is 35.3 Å². The van der Waals surface area contributed by atoms with Crippen LogP contribution in [0.3, 0.4) is 0 Å². The molecule has 0 unspecified atom stereocenters. The number of hydrogen-bond donors (Lipinski definition) is 2. The molecular formula is C34H33N3O2. The second-order valence-corrected chi connectivity index (χ2v) is 10.2. The van der Waals surface area contributed by atoms with Crippen LogP contribution in [0.4, 0.5) is 4.79 Å².